The van der Waals surface area contributed by atoms with E-state index < -0.39 is 5.97 Å². The molecule has 4 atom stereocenters. The predicted octanol–water partition coefficient (Wildman–Crippen LogP) is 2.65. The lowest BCUT2D eigenvalue weighted by Crippen LogP contribution is -2.65. The third-order valence-electron chi connectivity index (χ3n) is 6.73. The summed E-state index contributed by atoms with van der Waals surface area (Å²) in [5.74, 6) is 0.314. The molecule has 27 heavy (non-hydrogen) atoms. The van der Waals surface area contributed by atoms with Gasteiger partial charge < -0.3 is 10.0 Å². The van der Waals surface area contributed by atoms with Crippen LogP contribution in [0.4, 0.5) is 0 Å². The zero-order chi connectivity index (χ0) is 18.8. The Kier molecular flexibility index (Phi) is 5.43. The number of carbonyl (C=O) groups excluding carboxylic acids is 1. The van der Waals surface area contributed by atoms with Gasteiger partial charge in [-0.2, -0.15) is 0 Å². The molecule has 0 saturated carbocycles. The first kappa shape index (κ1) is 18.4. The molecule has 4 heterocycles. The topological polar surface area (TPSA) is 73.7 Å². The van der Waals surface area contributed by atoms with E-state index >= 15 is 0 Å². The number of hydrogen-bond acceptors (Lipinski definition) is 4. The van der Waals surface area contributed by atoms with Gasteiger partial charge >= 0.3 is 5.97 Å². The number of hydrogen-bond donors (Lipinski definition) is 1. The number of carboxylic acid groups (broad SMARTS) is 1. The minimum atomic E-state index is -0.753. The van der Waals surface area contributed by atoms with Gasteiger partial charge in [0.2, 0.25) is 0 Å². The average molecular weight is 371 g/mol. The van der Waals surface area contributed by atoms with E-state index in [-0.39, 0.29) is 18.4 Å². The van der Waals surface area contributed by atoms with Gasteiger partial charge in [0.25, 0.3) is 5.91 Å². The Morgan fingerprint density at radius 1 is 1.22 bits per heavy atom. The second-order valence-electron chi connectivity index (χ2n) is 8.29. The van der Waals surface area contributed by atoms with Crippen molar-refractivity contribution in [3.63, 3.8) is 0 Å². The Bertz CT molecular complexity index is 679. The summed E-state index contributed by atoms with van der Waals surface area (Å²) >= 11 is 0. The van der Waals surface area contributed by atoms with Crippen LogP contribution in [-0.4, -0.2) is 63.5 Å². The van der Waals surface area contributed by atoms with Crippen LogP contribution in [0.2, 0.25) is 0 Å². The highest BCUT2D eigenvalue weighted by atomic mass is 16.4. The summed E-state index contributed by atoms with van der Waals surface area (Å²) < 4.78 is 0. The Balaban J connectivity index is 1.60. The summed E-state index contributed by atoms with van der Waals surface area (Å²) in [6, 6.07) is 4.35. The molecule has 1 aromatic rings. The quantitative estimate of drug-likeness (QED) is 0.861. The standard InChI is InChI=1S/C21H29N3O3/c25-19(26)9-1-8-18-17-7-4-12-23-11-3-6-16(20(17)23)14-24(18)21(27)15-5-2-10-22-13-15/h2,5,10,13,16-18,20H,1,3-4,6-9,11-12,14H2,(H,25,26)/t16-,17+,18+,20-/m0/s1. The van der Waals surface area contributed by atoms with E-state index in [1.54, 1.807) is 12.4 Å². The van der Waals surface area contributed by atoms with Crippen LogP contribution < -0.4 is 0 Å². The maximum Gasteiger partial charge on any atom is 0.303 e. The normalized spacial score (nSPS) is 30.6. The highest BCUT2D eigenvalue weighted by Gasteiger charge is 2.49. The van der Waals surface area contributed by atoms with E-state index in [1.165, 1.54) is 32.4 Å². The second-order valence-corrected chi connectivity index (χ2v) is 8.29. The molecule has 6 heteroatoms. The van der Waals surface area contributed by atoms with Crippen LogP contribution in [0.25, 0.3) is 0 Å². The Hall–Kier alpha value is -1.95. The molecule has 3 aliphatic rings. The van der Waals surface area contributed by atoms with Crippen LogP contribution in [0, 0.1) is 11.8 Å². The highest BCUT2D eigenvalue weighted by molar-refractivity contribution is 5.94. The first-order chi connectivity index (χ1) is 13.1. The number of rotatable bonds is 5. The van der Waals surface area contributed by atoms with Crippen LogP contribution in [0.1, 0.15) is 55.3 Å². The number of carboxylic acids is 1. The average Bonchev–Trinajstić information content (AvgIpc) is 2.69. The largest absolute Gasteiger partial charge is 0.481 e. The summed E-state index contributed by atoms with van der Waals surface area (Å²) in [7, 11) is 0. The molecule has 4 rings (SSSR count). The fourth-order valence-corrected chi connectivity index (χ4v) is 5.72. The van der Waals surface area contributed by atoms with Gasteiger partial charge in [-0.15, -0.1) is 0 Å². The number of nitrogens with zero attached hydrogens (tertiary/aromatic N) is 3. The lowest BCUT2D eigenvalue weighted by atomic mass is 9.69. The van der Waals surface area contributed by atoms with Crippen molar-refractivity contribution in [1.82, 2.24) is 14.8 Å². The van der Waals surface area contributed by atoms with Crippen LogP contribution in [0.3, 0.4) is 0 Å². The number of aliphatic carboxylic acids is 1. The van der Waals surface area contributed by atoms with Crippen LogP contribution in [-0.2, 0) is 4.79 Å². The molecule has 0 aliphatic carbocycles. The van der Waals surface area contributed by atoms with E-state index in [4.69, 9.17) is 5.11 Å². The first-order valence-electron chi connectivity index (χ1n) is 10.3. The zero-order valence-electron chi connectivity index (χ0n) is 15.8. The molecule has 0 aromatic carbocycles. The molecule has 1 aromatic heterocycles. The van der Waals surface area contributed by atoms with E-state index in [0.717, 1.165) is 19.4 Å². The van der Waals surface area contributed by atoms with Crippen molar-refractivity contribution >= 4 is 11.9 Å². The van der Waals surface area contributed by atoms with Crippen molar-refractivity contribution in [2.75, 3.05) is 19.6 Å². The molecule has 146 valence electrons. The monoisotopic (exact) mass is 371 g/mol. The molecule has 1 N–H and O–H groups in total. The van der Waals surface area contributed by atoms with Crippen molar-refractivity contribution < 1.29 is 14.7 Å². The summed E-state index contributed by atoms with van der Waals surface area (Å²) in [5.41, 5.74) is 0.641. The molecular weight excluding hydrogens is 342 g/mol. The van der Waals surface area contributed by atoms with Crippen molar-refractivity contribution in [3.8, 4) is 0 Å². The first-order valence-corrected chi connectivity index (χ1v) is 10.3. The molecule has 3 fully saturated rings. The van der Waals surface area contributed by atoms with E-state index in [2.05, 4.69) is 14.8 Å². The smallest absolute Gasteiger partial charge is 0.303 e. The van der Waals surface area contributed by atoms with Crippen molar-refractivity contribution in [2.45, 2.75) is 57.0 Å². The molecule has 0 spiro atoms. The number of carbonyl (C=O) groups is 2. The third kappa shape index (κ3) is 3.72. The maximum absolute atomic E-state index is 13.3. The van der Waals surface area contributed by atoms with Crippen molar-refractivity contribution in [1.29, 1.82) is 0 Å². The van der Waals surface area contributed by atoms with Gasteiger partial charge in [0.15, 0.2) is 0 Å². The molecular formula is C21H29N3O3. The lowest BCUT2D eigenvalue weighted by molar-refractivity contribution is -0.137. The summed E-state index contributed by atoms with van der Waals surface area (Å²) in [6.07, 6.45) is 9.65. The molecule has 0 radical (unpaired) electrons. The molecule has 6 nitrogen and oxygen atoms in total. The fraction of sp³-hybridized carbons (Fsp3) is 0.667. The Morgan fingerprint density at radius 3 is 2.78 bits per heavy atom. The lowest BCUT2D eigenvalue weighted by Gasteiger charge is -2.57. The number of aromatic nitrogens is 1. The van der Waals surface area contributed by atoms with E-state index in [9.17, 15) is 9.59 Å². The van der Waals surface area contributed by atoms with Crippen molar-refractivity contribution in [2.24, 2.45) is 11.8 Å². The minimum Gasteiger partial charge on any atom is -0.481 e. The van der Waals surface area contributed by atoms with Crippen LogP contribution in [0.5, 0.6) is 0 Å². The molecule has 0 bridgehead atoms. The summed E-state index contributed by atoms with van der Waals surface area (Å²) in [4.78, 5) is 33.2. The number of pyridine rings is 1. The molecule has 0 unspecified atom stereocenters. The van der Waals surface area contributed by atoms with Gasteiger partial charge in [-0.3, -0.25) is 19.5 Å². The second kappa shape index (κ2) is 7.97. The SMILES string of the molecule is O=C(O)CCC[C@@H]1[C@H]2CCCN3CCC[C@@H](CN1C(=O)c1cccnc1)[C@@H]23. The Labute approximate surface area is 160 Å². The van der Waals surface area contributed by atoms with Gasteiger partial charge in [0.1, 0.15) is 0 Å². The molecule has 3 saturated heterocycles. The third-order valence-corrected chi connectivity index (χ3v) is 6.73. The minimum absolute atomic E-state index is 0.0598. The van der Waals surface area contributed by atoms with Gasteiger partial charge in [0.05, 0.1) is 5.56 Å². The zero-order valence-corrected chi connectivity index (χ0v) is 15.8. The fourth-order valence-electron chi connectivity index (χ4n) is 5.72. The number of amides is 1. The predicted molar refractivity (Wildman–Crippen MR) is 101 cm³/mol. The summed E-state index contributed by atoms with van der Waals surface area (Å²) in [6.45, 7) is 3.15. The van der Waals surface area contributed by atoms with Crippen LogP contribution >= 0.6 is 0 Å². The van der Waals surface area contributed by atoms with E-state index in [0.29, 0.717) is 29.9 Å². The number of likely N-dealkylation sites (tertiary alicyclic amines) is 1. The van der Waals surface area contributed by atoms with Crippen LogP contribution in [0.15, 0.2) is 24.5 Å². The number of piperidine rings is 3. The highest BCUT2D eigenvalue weighted by Crippen LogP contribution is 2.43. The van der Waals surface area contributed by atoms with Gasteiger partial charge in [-0.05, 0) is 75.6 Å². The van der Waals surface area contributed by atoms with Crippen molar-refractivity contribution in [3.05, 3.63) is 30.1 Å². The summed E-state index contributed by atoms with van der Waals surface area (Å²) in [5, 5.41) is 9.06. The van der Waals surface area contributed by atoms with Gasteiger partial charge in [-0.1, -0.05) is 0 Å². The molecule has 3 aliphatic heterocycles. The maximum atomic E-state index is 13.3. The van der Waals surface area contributed by atoms with E-state index in [1.807, 2.05) is 12.1 Å². The van der Waals surface area contributed by atoms with Gasteiger partial charge in [0, 0.05) is 37.4 Å². The van der Waals surface area contributed by atoms with Gasteiger partial charge in [-0.25, -0.2) is 0 Å². The molecule has 1 amide bonds. The Morgan fingerprint density at radius 2 is 2.04 bits per heavy atom.